The molecule has 0 spiro atoms. The number of ether oxygens (including phenoxy) is 9. The summed E-state index contributed by atoms with van der Waals surface area (Å²) in [6.45, 7) is 8.46. The Morgan fingerprint density at radius 3 is 1.10 bits per heavy atom. The van der Waals surface area contributed by atoms with Crippen molar-refractivity contribution in [2.75, 3.05) is 52.9 Å². The van der Waals surface area contributed by atoms with Crippen molar-refractivity contribution in [1.29, 1.82) is 0 Å². The van der Waals surface area contributed by atoms with Crippen LogP contribution in [0.15, 0.2) is 0 Å². The molecule has 230 valence electrons. The number of carbonyl (C=O) groups excluding carboxylic acids is 3. The Balaban J connectivity index is 4.67. The maximum absolute atomic E-state index is 11.6. The second kappa shape index (κ2) is 21.4. The number of hydrogen-bond acceptors (Lipinski definition) is 15. The van der Waals surface area contributed by atoms with Gasteiger partial charge in [0, 0.05) is 0 Å². The summed E-state index contributed by atoms with van der Waals surface area (Å²) in [5.41, 5.74) is 0. The normalized spacial score (nSPS) is 16.5. The van der Waals surface area contributed by atoms with Crippen LogP contribution < -0.4 is 0 Å². The summed E-state index contributed by atoms with van der Waals surface area (Å²) >= 11 is 0. The van der Waals surface area contributed by atoms with E-state index in [1.54, 1.807) is 20.8 Å². The maximum Gasteiger partial charge on any atom is 0.508 e. The third-order valence-electron chi connectivity index (χ3n) is 4.10. The van der Waals surface area contributed by atoms with Gasteiger partial charge in [0.15, 0.2) is 0 Å². The van der Waals surface area contributed by atoms with Crippen molar-refractivity contribution in [2.24, 2.45) is 0 Å². The summed E-state index contributed by atoms with van der Waals surface area (Å²) in [4.78, 5) is 34.8. The Morgan fingerprint density at radius 1 is 0.487 bits per heavy atom. The largest absolute Gasteiger partial charge is 0.508 e. The third kappa shape index (κ3) is 23.2. The van der Waals surface area contributed by atoms with E-state index in [-0.39, 0.29) is 52.9 Å². The van der Waals surface area contributed by atoms with Crippen molar-refractivity contribution < 1.29 is 72.3 Å². The summed E-state index contributed by atoms with van der Waals surface area (Å²) in [7, 11) is 0. The highest BCUT2D eigenvalue weighted by Gasteiger charge is 2.19. The Labute approximate surface area is 228 Å². The molecule has 15 nitrogen and oxygen atoms in total. The quantitative estimate of drug-likeness (QED) is 0.139. The average molecular weight is 573 g/mol. The molecule has 0 aromatic rings. The molecule has 39 heavy (non-hydrogen) atoms. The lowest BCUT2D eigenvalue weighted by Gasteiger charge is -2.22. The summed E-state index contributed by atoms with van der Waals surface area (Å²) < 4.78 is 46.1. The van der Waals surface area contributed by atoms with Gasteiger partial charge in [-0.3, -0.25) is 0 Å². The monoisotopic (exact) mass is 572 g/mol. The molecule has 0 aromatic heterocycles. The molecule has 0 aliphatic heterocycles. The Hall–Kier alpha value is -2.43. The molecule has 3 N–H and O–H groups in total. The van der Waals surface area contributed by atoms with Gasteiger partial charge in [-0.1, -0.05) is 0 Å². The van der Waals surface area contributed by atoms with Gasteiger partial charge in [-0.25, -0.2) is 14.4 Å². The van der Waals surface area contributed by atoms with Gasteiger partial charge in [-0.05, 0) is 41.5 Å². The summed E-state index contributed by atoms with van der Waals surface area (Å²) in [5, 5.41) is 27.5. The van der Waals surface area contributed by atoms with Gasteiger partial charge in [0.1, 0.15) is 44.2 Å². The fraction of sp³-hybridized carbons (Fsp3) is 0.875. The fourth-order valence-electron chi connectivity index (χ4n) is 2.41. The van der Waals surface area contributed by atoms with Crippen molar-refractivity contribution in [3.05, 3.63) is 0 Å². The lowest BCUT2D eigenvalue weighted by atomic mass is 10.3. The van der Waals surface area contributed by atoms with Gasteiger partial charge in [0.2, 0.25) is 0 Å². The van der Waals surface area contributed by atoms with Crippen LogP contribution in [0.3, 0.4) is 0 Å². The maximum atomic E-state index is 11.6. The van der Waals surface area contributed by atoms with E-state index in [2.05, 4.69) is 0 Å². The second-order valence-corrected chi connectivity index (χ2v) is 9.05. The van der Waals surface area contributed by atoms with E-state index in [9.17, 15) is 19.5 Å². The minimum atomic E-state index is -0.960. The average Bonchev–Trinajstić information content (AvgIpc) is 2.83. The van der Waals surface area contributed by atoms with Crippen molar-refractivity contribution in [3.8, 4) is 0 Å². The van der Waals surface area contributed by atoms with Crippen molar-refractivity contribution in [3.63, 3.8) is 0 Å². The number of hydrogen-bond donors (Lipinski definition) is 3. The molecule has 0 bridgehead atoms. The lowest BCUT2D eigenvalue weighted by molar-refractivity contribution is -0.102. The van der Waals surface area contributed by atoms with E-state index in [1.165, 1.54) is 20.8 Å². The minimum Gasteiger partial charge on any atom is -0.432 e. The molecule has 0 saturated carbocycles. The molecule has 0 aromatic carbocycles. The molecule has 6 unspecified atom stereocenters. The Morgan fingerprint density at radius 2 is 0.795 bits per heavy atom. The molecular formula is C24H44O15. The van der Waals surface area contributed by atoms with Crippen LogP contribution in [0.4, 0.5) is 14.4 Å². The van der Waals surface area contributed by atoms with Gasteiger partial charge < -0.3 is 58.0 Å². The molecule has 0 heterocycles. The standard InChI is InChI=1S/C24H44O15/c1-15(25)7-34-22(28)37-18(4)10-31-13-21(33-12-20(6)39-24(30)36-9-17(3)27)14-32-11-19(5)38-23(29)35-8-16(2)26/h15-21,25-27H,7-14H2,1-6H3. The van der Waals surface area contributed by atoms with Crippen LogP contribution in [0.1, 0.15) is 41.5 Å². The highest BCUT2D eigenvalue weighted by atomic mass is 16.7. The molecule has 0 rings (SSSR count). The van der Waals surface area contributed by atoms with Crippen LogP contribution in [0.5, 0.6) is 0 Å². The lowest BCUT2D eigenvalue weighted by Crippen LogP contribution is -2.33. The topological polar surface area (TPSA) is 195 Å². The molecule has 15 heteroatoms. The first-order valence-electron chi connectivity index (χ1n) is 12.6. The minimum absolute atomic E-state index is 0.00127. The highest BCUT2D eigenvalue weighted by molar-refractivity contribution is 5.60. The van der Waals surface area contributed by atoms with Crippen molar-refractivity contribution in [2.45, 2.75) is 84.3 Å². The van der Waals surface area contributed by atoms with E-state index in [0.717, 1.165) is 0 Å². The zero-order valence-corrected chi connectivity index (χ0v) is 23.4. The fourth-order valence-corrected chi connectivity index (χ4v) is 2.41. The second-order valence-electron chi connectivity index (χ2n) is 9.05. The van der Waals surface area contributed by atoms with Gasteiger partial charge in [0.25, 0.3) is 0 Å². The molecule has 6 atom stereocenters. The molecule has 0 radical (unpaired) electrons. The van der Waals surface area contributed by atoms with Crippen molar-refractivity contribution >= 4 is 18.5 Å². The predicted molar refractivity (Wildman–Crippen MR) is 132 cm³/mol. The molecule has 0 fully saturated rings. The molecule has 0 aliphatic carbocycles. The number of aliphatic hydroxyl groups is 3. The van der Waals surface area contributed by atoms with Gasteiger partial charge in [-0.15, -0.1) is 0 Å². The number of carbonyl (C=O) groups is 3. The molecule has 0 amide bonds. The van der Waals surface area contributed by atoms with E-state index in [1.807, 2.05) is 0 Å². The zero-order chi connectivity index (χ0) is 29.8. The van der Waals surface area contributed by atoms with Gasteiger partial charge in [0.05, 0.1) is 51.3 Å². The van der Waals surface area contributed by atoms with Crippen molar-refractivity contribution in [1.82, 2.24) is 0 Å². The van der Waals surface area contributed by atoms with Crippen LogP contribution in [0.25, 0.3) is 0 Å². The van der Waals surface area contributed by atoms with Crippen LogP contribution in [0, 0.1) is 0 Å². The first-order valence-corrected chi connectivity index (χ1v) is 12.6. The smallest absolute Gasteiger partial charge is 0.432 e. The Bertz CT molecular complexity index is 632. The molecule has 0 aliphatic rings. The summed E-state index contributed by atoms with van der Waals surface area (Å²) in [6.07, 6.45) is -8.03. The summed E-state index contributed by atoms with van der Waals surface area (Å²) in [6, 6.07) is 0. The highest BCUT2D eigenvalue weighted by Crippen LogP contribution is 2.05. The zero-order valence-electron chi connectivity index (χ0n) is 23.4. The Kier molecular flexibility index (Phi) is 20.1. The van der Waals surface area contributed by atoms with E-state index < -0.39 is 61.2 Å². The third-order valence-corrected chi connectivity index (χ3v) is 4.10. The number of aliphatic hydroxyl groups excluding tert-OH is 3. The van der Waals surface area contributed by atoms with E-state index >= 15 is 0 Å². The first-order chi connectivity index (χ1) is 18.3. The van der Waals surface area contributed by atoms with E-state index in [4.69, 9.17) is 52.8 Å². The molecular weight excluding hydrogens is 528 g/mol. The number of rotatable bonds is 20. The first kappa shape index (κ1) is 36.6. The van der Waals surface area contributed by atoms with Crippen LogP contribution in [-0.2, 0) is 42.6 Å². The summed E-state index contributed by atoms with van der Waals surface area (Å²) in [5.74, 6) is 0. The van der Waals surface area contributed by atoms with Gasteiger partial charge in [-0.2, -0.15) is 0 Å². The van der Waals surface area contributed by atoms with Crippen LogP contribution >= 0.6 is 0 Å². The van der Waals surface area contributed by atoms with Gasteiger partial charge >= 0.3 is 18.5 Å². The van der Waals surface area contributed by atoms with Crippen LogP contribution in [0.2, 0.25) is 0 Å². The molecule has 0 saturated heterocycles. The predicted octanol–water partition coefficient (Wildman–Crippen LogP) is 1.17. The SMILES string of the molecule is CC(O)COC(=O)OC(C)COCC(COCC(C)OC(=O)OCC(C)O)OCC(C)OC(=O)OCC(C)O. The van der Waals surface area contributed by atoms with Crippen LogP contribution in [-0.4, -0.2) is 129 Å². The van der Waals surface area contributed by atoms with E-state index in [0.29, 0.717) is 0 Å².